The molecule has 3 amide bonds. The lowest BCUT2D eigenvalue weighted by Gasteiger charge is -2.33. The molecule has 9 heteroatoms. The van der Waals surface area contributed by atoms with E-state index in [9.17, 15) is 19.5 Å². The van der Waals surface area contributed by atoms with Crippen molar-refractivity contribution in [1.29, 1.82) is 0 Å². The molecule has 1 fully saturated rings. The average Bonchev–Trinajstić information content (AvgIpc) is 3.34. The minimum absolute atomic E-state index is 0.214. The highest BCUT2D eigenvalue weighted by Gasteiger charge is 2.49. The van der Waals surface area contributed by atoms with E-state index in [1.807, 2.05) is 99.6 Å². The zero-order valence-corrected chi connectivity index (χ0v) is 25.3. The summed E-state index contributed by atoms with van der Waals surface area (Å²) in [7, 11) is 0. The van der Waals surface area contributed by atoms with Gasteiger partial charge in [-0.2, -0.15) is 0 Å². The minimum Gasteiger partial charge on any atom is -0.381 e. The topological polar surface area (TPSA) is 112 Å². The molecule has 8 nitrogen and oxygen atoms in total. The summed E-state index contributed by atoms with van der Waals surface area (Å²) < 4.78 is -0.585. The Kier molecular flexibility index (Phi) is 9.13. The maximum atomic E-state index is 14.0. The van der Waals surface area contributed by atoms with Crippen LogP contribution in [0.25, 0.3) is 10.8 Å². The fraction of sp³-hybridized carbons (Fsp3) is 0.294. The fourth-order valence-electron chi connectivity index (χ4n) is 5.50. The number of rotatable bonds is 9. The third kappa shape index (κ3) is 6.73. The second-order valence-corrected chi connectivity index (χ2v) is 13.0. The Morgan fingerprint density at radius 3 is 2.47 bits per heavy atom. The van der Waals surface area contributed by atoms with Gasteiger partial charge in [0.25, 0.3) is 11.8 Å². The van der Waals surface area contributed by atoms with Crippen LogP contribution in [0, 0.1) is 6.92 Å². The molecule has 0 spiro atoms. The summed E-state index contributed by atoms with van der Waals surface area (Å²) in [6, 6.07) is 22.8. The Hall–Kier alpha value is -4.21. The summed E-state index contributed by atoms with van der Waals surface area (Å²) >= 11 is 1.48. The van der Waals surface area contributed by atoms with Crippen LogP contribution in [0.15, 0.2) is 91.3 Å². The first-order valence-electron chi connectivity index (χ1n) is 14.3. The summed E-state index contributed by atoms with van der Waals surface area (Å²) in [4.78, 5) is 46.7. The zero-order valence-electron chi connectivity index (χ0n) is 24.5. The van der Waals surface area contributed by atoms with Gasteiger partial charge in [0, 0.05) is 29.1 Å². The molecule has 0 aliphatic carbocycles. The maximum absolute atomic E-state index is 14.0. The highest BCUT2D eigenvalue weighted by Crippen LogP contribution is 2.40. The van der Waals surface area contributed by atoms with E-state index in [2.05, 4.69) is 15.6 Å². The van der Waals surface area contributed by atoms with Crippen LogP contribution in [0.1, 0.15) is 40.9 Å². The Bertz CT molecular complexity index is 1620. The van der Waals surface area contributed by atoms with E-state index >= 15 is 0 Å². The number of amides is 3. The molecule has 0 bridgehead atoms. The number of aromatic nitrogens is 1. The lowest BCUT2D eigenvalue weighted by molar-refractivity contribution is -0.147. The van der Waals surface area contributed by atoms with Gasteiger partial charge in [0.05, 0.1) is 17.5 Å². The summed E-state index contributed by atoms with van der Waals surface area (Å²) in [6.07, 6.45) is 1.79. The second kappa shape index (κ2) is 13.0. The predicted molar refractivity (Wildman–Crippen MR) is 169 cm³/mol. The van der Waals surface area contributed by atoms with Crippen LogP contribution >= 0.6 is 11.8 Å². The largest absolute Gasteiger partial charge is 0.381 e. The molecule has 1 aliphatic heterocycles. The van der Waals surface area contributed by atoms with E-state index in [0.29, 0.717) is 12.1 Å². The summed E-state index contributed by atoms with van der Waals surface area (Å²) in [6.45, 7) is 6.16. The standard InChI is InChI=1S/C34H36N4O4S/c1-22-11-7-8-14-24(22)19-36-32(41)30-34(2,3)43-21-38(30)33(42)29(39)28(17-23-12-5-4-6-13-23)37-31(40)27-20-35-18-25-15-9-10-16-26(25)27/h4-16,18,20,28-30,39H,17,19,21H2,1-3H3,(H,36,41)(H,37,40)/t28-,29-,30+/m0/s1. The van der Waals surface area contributed by atoms with Gasteiger partial charge in [0.15, 0.2) is 6.10 Å². The van der Waals surface area contributed by atoms with Crippen LogP contribution in [0.4, 0.5) is 0 Å². The Labute approximate surface area is 255 Å². The molecule has 1 saturated heterocycles. The first kappa shape index (κ1) is 30.3. The number of nitrogens with one attached hydrogen (secondary N) is 2. The van der Waals surface area contributed by atoms with Crippen molar-refractivity contribution in [1.82, 2.24) is 20.5 Å². The van der Waals surface area contributed by atoms with Crippen LogP contribution in [-0.4, -0.2) is 61.5 Å². The molecule has 3 N–H and O–H groups in total. The number of aliphatic hydroxyl groups is 1. The SMILES string of the molecule is Cc1ccccc1CNC(=O)[C@H]1N(C(=O)[C@@H](O)[C@H](Cc2ccccc2)NC(=O)c2cncc3ccccc23)CSC1(C)C. The Morgan fingerprint density at radius 2 is 1.70 bits per heavy atom. The average molecular weight is 597 g/mol. The van der Waals surface area contributed by atoms with Gasteiger partial charge < -0.3 is 20.6 Å². The normalized spacial score (nSPS) is 17.3. The molecule has 1 aromatic heterocycles. The van der Waals surface area contributed by atoms with Crippen molar-refractivity contribution < 1.29 is 19.5 Å². The molecule has 3 atom stereocenters. The van der Waals surface area contributed by atoms with Crippen molar-refractivity contribution in [3.63, 3.8) is 0 Å². The van der Waals surface area contributed by atoms with E-state index in [1.165, 1.54) is 22.9 Å². The number of pyridine rings is 1. The zero-order chi connectivity index (χ0) is 30.6. The fourth-order valence-corrected chi connectivity index (χ4v) is 6.64. The van der Waals surface area contributed by atoms with Crippen molar-refractivity contribution in [2.45, 2.75) is 56.7 Å². The number of carbonyl (C=O) groups excluding carboxylic acids is 3. The van der Waals surface area contributed by atoms with Crippen molar-refractivity contribution in [2.75, 3.05) is 5.88 Å². The molecule has 1 aliphatic rings. The van der Waals surface area contributed by atoms with E-state index < -0.39 is 34.7 Å². The highest BCUT2D eigenvalue weighted by molar-refractivity contribution is 8.00. The van der Waals surface area contributed by atoms with Crippen LogP contribution < -0.4 is 10.6 Å². The number of aryl methyl sites for hydroxylation is 1. The number of carbonyl (C=O) groups is 3. The van der Waals surface area contributed by atoms with Crippen LogP contribution in [0.5, 0.6) is 0 Å². The van der Waals surface area contributed by atoms with Crippen molar-refractivity contribution >= 4 is 40.3 Å². The molecule has 0 saturated carbocycles. The molecule has 2 heterocycles. The van der Waals surface area contributed by atoms with Gasteiger partial charge in [-0.3, -0.25) is 19.4 Å². The summed E-state index contributed by atoms with van der Waals surface area (Å²) in [5, 5.41) is 19.0. The molecule has 5 rings (SSSR count). The van der Waals surface area contributed by atoms with Crippen molar-refractivity contribution in [3.05, 3.63) is 114 Å². The molecule has 4 aromatic rings. The third-order valence-electron chi connectivity index (χ3n) is 7.95. The minimum atomic E-state index is -1.59. The van der Waals surface area contributed by atoms with Gasteiger partial charge in [0.2, 0.25) is 5.91 Å². The van der Waals surface area contributed by atoms with E-state index in [4.69, 9.17) is 0 Å². The highest BCUT2D eigenvalue weighted by atomic mass is 32.2. The van der Waals surface area contributed by atoms with Gasteiger partial charge >= 0.3 is 0 Å². The number of hydrogen-bond donors (Lipinski definition) is 3. The van der Waals surface area contributed by atoms with E-state index in [1.54, 1.807) is 6.20 Å². The molecule has 0 unspecified atom stereocenters. The number of aliphatic hydroxyl groups excluding tert-OH is 1. The molecular formula is C34H36N4O4S. The first-order chi connectivity index (χ1) is 20.7. The molecule has 3 aromatic carbocycles. The smallest absolute Gasteiger partial charge is 0.254 e. The van der Waals surface area contributed by atoms with Crippen molar-refractivity contribution in [3.8, 4) is 0 Å². The lowest BCUT2D eigenvalue weighted by Crippen LogP contribution is -2.58. The van der Waals surface area contributed by atoms with Crippen LogP contribution in [-0.2, 0) is 22.6 Å². The maximum Gasteiger partial charge on any atom is 0.254 e. The second-order valence-electron chi connectivity index (χ2n) is 11.4. The van der Waals surface area contributed by atoms with E-state index in [0.717, 1.165) is 27.5 Å². The van der Waals surface area contributed by atoms with Gasteiger partial charge in [-0.05, 0) is 49.3 Å². The van der Waals surface area contributed by atoms with Gasteiger partial charge in [-0.15, -0.1) is 11.8 Å². The van der Waals surface area contributed by atoms with Gasteiger partial charge in [-0.1, -0.05) is 78.9 Å². The Morgan fingerprint density at radius 1 is 1.00 bits per heavy atom. The number of nitrogens with zero attached hydrogens (tertiary/aromatic N) is 2. The van der Waals surface area contributed by atoms with Crippen LogP contribution in [0.2, 0.25) is 0 Å². The molecule has 222 valence electrons. The Balaban J connectivity index is 1.38. The lowest BCUT2D eigenvalue weighted by atomic mass is 9.96. The quantitative estimate of drug-likeness (QED) is 0.267. The molecule has 0 radical (unpaired) electrons. The molecule has 43 heavy (non-hydrogen) atoms. The summed E-state index contributed by atoms with van der Waals surface area (Å²) in [5.74, 6) is -1.10. The number of hydrogen-bond acceptors (Lipinski definition) is 6. The summed E-state index contributed by atoms with van der Waals surface area (Å²) in [5.41, 5.74) is 3.25. The van der Waals surface area contributed by atoms with Crippen molar-refractivity contribution in [2.24, 2.45) is 0 Å². The number of benzene rings is 3. The number of fused-ring (bicyclic) bond motifs is 1. The van der Waals surface area contributed by atoms with Crippen LogP contribution in [0.3, 0.4) is 0 Å². The van der Waals surface area contributed by atoms with Gasteiger partial charge in [0.1, 0.15) is 6.04 Å². The third-order valence-corrected chi connectivity index (χ3v) is 9.33. The predicted octanol–water partition coefficient (Wildman–Crippen LogP) is 4.24. The first-order valence-corrected chi connectivity index (χ1v) is 15.3. The monoisotopic (exact) mass is 596 g/mol. The van der Waals surface area contributed by atoms with E-state index in [-0.39, 0.29) is 18.2 Å². The van der Waals surface area contributed by atoms with Gasteiger partial charge in [-0.25, -0.2) is 0 Å². The molecular weight excluding hydrogens is 560 g/mol. The number of thioether (sulfide) groups is 1.